The van der Waals surface area contributed by atoms with Gasteiger partial charge >= 0.3 is 0 Å². The van der Waals surface area contributed by atoms with Crippen molar-refractivity contribution in [2.24, 2.45) is 0 Å². The van der Waals surface area contributed by atoms with Crippen LogP contribution in [0, 0.1) is 0 Å². The monoisotopic (exact) mass is 237 g/mol. The molecule has 0 aliphatic carbocycles. The molecule has 17 heavy (non-hydrogen) atoms. The van der Waals surface area contributed by atoms with Gasteiger partial charge in [0.2, 0.25) is 0 Å². The fraction of sp³-hybridized carbons (Fsp3) is 0.538. The maximum absolute atomic E-state index is 10.6. The van der Waals surface area contributed by atoms with Crippen LogP contribution < -0.4 is 4.74 Å². The third kappa shape index (κ3) is 3.19. The highest BCUT2D eigenvalue weighted by atomic mass is 16.7. The molecule has 1 aromatic carbocycles. The summed E-state index contributed by atoms with van der Waals surface area (Å²) < 4.78 is 16.4. The van der Waals surface area contributed by atoms with E-state index in [-0.39, 0.29) is 19.0 Å². The van der Waals surface area contributed by atoms with E-state index in [9.17, 15) is 5.11 Å². The summed E-state index contributed by atoms with van der Waals surface area (Å²) in [5.74, 6) is 0.806. The van der Waals surface area contributed by atoms with E-state index in [1.807, 2.05) is 24.3 Å². The van der Waals surface area contributed by atoms with Crippen molar-refractivity contribution in [2.75, 3.05) is 20.3 Å². The molecular weight excluding hydrogens is 220 g/mol. The van der Waals surface area contributed by atoms with E-state index in [4.69, 9.17) is 14.2 Å². The molecule has 2 atom stereocenters. The van der Waals surface area contributed by atoms with Crippen molar-refractivity contribution in [3.63, 3.8) is 0 Å². The van der Waals surface area contributed by atoms with Crippen LogP contribution in [0.1, 0.15) is 24.7 Å². The van der Waals surface area contributed by atoms with Crippen LogP contribution in [0.25, 0.3) is 0 Å². The van der Waals surface area contributed by atoms with Crippen LogP contribution in [-0.4, -0.2) is 26.4 Å². The summed E-state index contributed by atoms with van der Waals surface area (Å²) in [6, 6.07) is 7.59. The molecule has 1 aliphatic heterocycles. The van der Waals surface area contributed by atoms with Gasteiger partial charge in [-0.3, -0.25) is 0 Å². The van der Waals surface area contributed by atoms with Gasteiger partial charge < -0.3 is 14.2 Å². The minimum absolute atomic E-state index is 0.0216. The Morgan fingerprint density at radius 1 is 1.35 bits per heavy atom. The van der Waals surface area contributed by atoms with Crippen LogP contribution in [0.15, 0.2) is 24.3 Å². The zero-order chi connectivity index (χ0) is 12.1. The highest BCUT2D eigenvalue weighted by molar-refractivity contribution is 5.27. The number of methoxy groups -OCH3 is 1. The van der Waals surface area contributed by atoms with Crippen molar-refractivity contribution in [3.8, 4) is 5.75 Å². The highest BCUT2D eigenvalue weighted by Gasteiger charge is 2.23. The van der Waals surface area contributed by atoms with Gasteiger partial charge in [-0.05, 0) is 18.6 Å². The lowest BCUT2D eigenvalue weighted by Gasteiger charge is -2.30. The minimum atomic E-state index is -0.355. The summed E-state index contributed by atoms with van der Waals surface area (Å²) in [4.78, 5) is 0. The Balaban J connectivity index is 2.00. The van der Waals surface area contributed by atoms with Gasteiger partial charge in [0.15, 0.2) is 6.29 Å². The Labute approximate surface area is 101 Å². The van der Waals surface area contributed by atoms with Crippen molar-refractivity contribution in [1.29, 1.82) is 0 Å². The SMILES string of the molecule is COc1ccc(C2OCCC(CC[O])O2)cc1. The van der Waals surface area contributed by atoms with Crippen molar-refractivity contribution in [1.82, 2.24) is 0 Å². The van der Waals surface area contributed by atoms with Gasteiger partial charge in [0.05, 0.1) is 26.4 Å². The van der Waals surface area contributed by atoms with E-state index in [1.54, 1.807) is 7.11 Å². The second kappa shape index (κ2) is 6.00. The zero-order valence-corrected chi connectivity index (χ0v) is 9.93. The lowest BCUT2D eigenvalue weighted by molar-refractivity contribution is -0.220. The van der Waals surface area contributed by atoms with E-state index in [2.05, 4.69) is 0 Å². The molecule has 0 aromatic heterocycles. The molecule has 2 unspecified atom stereocenters. The summed E-state index contributed by atoms with van der Waals surface area (Å²) >= 11 is 0. The molecule has 1 saturated heterocycles. The van der Waals surface area contributed by atoms with Crippen LogP contribution in [0.2, 0.25) is 0 Å². The molecule has 4 heteroatoms. The summed E-state index contributed by atoms with van der Waals surface area (Å²) in [5, 5.41) is 10.6. The van der Waals surface area contributed by atoms with Gasteiger partial charge in [-0.2, -0.15) is 0 Å². The summed E-state index contributed by atoms with van der Waals surface area (Å²) in [6.07, 6.45) is 1.02. The summed E-state index contributed by atoms with van der Waals surface area (Å²) in [5.41, 5.74) is 0.960. The first-order chi connectivity index (χ1) is 8.33. The van der Waals surface area contributed by atoms with Gasteiger partial charge in [0.1, 0.15) is 5.75 Å². The van der Waals surface area contributed by atoms with Crippen LogP contribution in [0.3, 0.4) is 0 Å². The normalized spacial score (nSPS) is 24.6. The smallest absolute Gasteiger partial charge is 0.184 e. The molecule has 2 rings (SSSR count). The molecule has 1 aliphatic rings. The standard InChI is InChI=1S/C13H17O4/c1-15-11-4-2-10(3-5-11)13-16-9-7-12(17-13)6-8-14/h2-5,12-13H,6-9H2,1H3. The minimum Gasteiger partial charge on any atom is -0.497 e. The maximum Gasteiger partial charge on any atom is 0.184 e. The van der Waals surface area contributed by atoms with E-state index >= 15 is 0 Å². The van der Waals surface area contributed by atoms with Crippen LogP contribution in [0.5, 0.6) is 5.75 Å². The molecule has 4 nitrogen and oxygen atoms in total. The fourth-order valence-corrected chi connectivity index (χ4v) is 1.87. The van der Waals surface area contributed by atoms with Gasteiger partial charge in [-0.1, -0.05) is 12.1 Å². The third-order valence-electron chi connectivity index (χ3n) is 2.85. The summed E-state index contributed by atoms with van der Waals surface area (Å²) in [6.45, 7) is 0.543. The van der Waals surface area contributed by atoms with E-state index in [0.29, 0.717) is 13.0 Å². The van der Waals surface area contributed by atoms with Gasteiger partial charge in [0.25, 0.3) is 0 Å². The Kier molecular flexibility index (Phi) is 4.36. The van der Waals surface area contributed by atoms with Gasteiger partial charge in [-0.15, -0.1) is 0 Å². The molecule has 1 fully saturated rings. The van der Waals surface area contributed by atoms with Crippen molar-refractivity contribution in [3.05, 3.63) is 29.8 Å². The second-order valence-corrected chi connectivity index (χ2v) is 4.02. The van der Waals surface area contributed by atoms with Crippen LogP contribution in [0.4, 0.5) is 0 Å². The Bertz CT molecular complexity index is 334. The molecule has 0 saturated carbocycles. The van der Waals surface area contributed by atoms with Crippen LogP contribution >= 0.6 is 0 Å². The molecule has 93 valence electrons. The molecule has 0 spiro atoms. The molecule has 1 radical (unpaired) electrons. The van der Waals surface area contributed by atoms with E-state index in [0.717, 1.165) is 17.7 Å². The lowest BCUT2D eigenvalue weighted by atomic mass is 10.1. The highest BCUT2D eigenvalue weighted by Crippen LogP contribution is 2.28. The van der Waals surface area contributed by atoms with E-state index < -0.39 is 0 Å². The topological polar surface area (TPSA) is 47.6 Å². The van der Waals surface area contributed by atoms with Gasteiger partial charge in [-0.25, -0.2) is 5.11 Å². The lowest BCUT2D eigenvalue weighted by Crippen LogP contribution is -2.27. The van der Waals surface area contributed by atoms with Crippen molar-refractivity contribution >= 4 is 0 Å². The number of benzene rings is 1. The molecule has 1 heterocycles. The number of ether oxygens (including phenoxy) is 3. The van der Waals surface area contributed by atoms with E-state index in [1.165, 1.54) is 0 Å². The van der Waals surface area contributed by atoms with Crippen LogP contribution in [-0.2, 0) is 14.6 Å². The first-order valence-corrected chi connectivity index (χ1v) is 5.82. The quantitative estimate of drug-likeness (QED) is 0.807. The average molecular weight is 237 g/mol. The molecular formula is C13H17O4. The average Bonchev–Trinajstić information content (AvgIpc) is 2.40. The molecule has 0 bridgehead atoms. The molecule has 0 N–H and O–H groups in total. The first kappa shape index (κ1) is 12.4. The van der Waals surface area contributed by atoms with Crippen molar-refractivity contribution in [2.45, 2.75) is 25.2 Å². The molecule has 1 aromatic rings. The predicted molar refractivity (Wildman–Crippen MR) is 61.3 cm³/mol. The largest absolute Gasteiger partial charge is 0.497 e. The van der Waals surface area contributed by atoms with Gasteiger partial charge in [0, 0.05) is 12.0 Å². The first-order valence-electron chi connectivity index (χ1n) is 5.82. The number of rotatable bonds is 4. The second-order valence-electron chi connectivity index (χ2n) is 4.02. The maximum atomic E-state index is 10.6. The van der Waals surface area contributed by atoms with Crippen molar-refractivity contribution < 1.29 is 19.3 Å². The fourth-order valence-electron chi connectivity index (χ4n) is 1.87. The Morgan fingerprint density at radius 2 is 2.12 bits per heavy atom. The molecule has 0 amide bonds. The zero-order valence-electron chi connectivity index (χ0n) is 9.93. The Hall–Kier alpha value is -1.10. The predicted octanol–water partition coefficient (Wildman–Crippen LogP) is 2.32. The summed E-state index contributed by atoms with van der Waals surface area (Å²) in [7, 11) is 1.63. The Morgan fingerprint density at radius 3 is 2.76 bits per heavy atom. The number of hydrogen-bond acceptors (Lipinski definition) is 3. The third-order valence-corrected chi connectivity index (χ3v) is 2.85. The number of hydrogen-bond donors (Lipinski definition) is 0.